The molecule has 0 heterocycles. The molecule has 5 nitrogen and oxygen atoms in total. The molecule has 5 heteroatoms. The zero-order valence-corrected chi connectivity index (χ0v) is 15.3. The molecule has 1 aromatic carbocycles. The molecule has 0 aromatic heterocycles. The molecular formula is C20H30N2O3. The van der Waals surface area contributed by atoms with E-state index in [2.05, 4.69) is 10.6 Å². The van der Waals surface area contributed by atoms with E-state index in [0.29, 0.717) is 0 Å². The van der Waals surface area contributed by atoms with Gasteiger partial charge < -0.3 is 15.7 Å². The van der Waals surface area contributed by atoms with Crippen LogP contribution in [0.1, 0.15) is 62.7 Å². The van der Waals surface area contributed by atoms with E-state index in [4.69, 9.17) is 0 Å². The molecule has 1 saturated carbocycles. The van der Waals surface area contributed by atoms with Crippen molar-refractivity contribution in [1.29, 1.82) is 0 Å². The van der Waals surface area contributed by atoms with Gasteiger partial charge in [-0.25, -0.2) is 0 Å². The Morgan fingerprint density at radius 3 is 2.56 bits per heavy atom. The van der Waals surface area contributed by atoms with Crippen molar-refractivity contribution >= 4 is 11.8 Å². The molecule has 25 heavy (non-hydrogen) atoms. The van der Waals surface area contributed by atoms with Gasteiger partial charge in [-0.05, 0) is 37.8 Å². The van der Waals surface area contributed by atoms with E-state index in [1.165, 1.54) is 6.42 Å². The van der Waals surface area contributed by atoms with Gasteiger partial charge in [0.1, 0.15) is 0 Å². The summed E-state index contributed by atoms with van der Waals surface area (Å²) in [7, 11) is 0. The third-order valence-electron chi connectivity index (χ3n) is 4.90. The molecule has 2 amide bonds. The highest BCUT2D eigenvalue weighted by Crippen LogP contribution is 2.23. The standard InChI is InChI=1S/C20H30N2O3/c1-14-8-6-7-11-17(14)18(23)13-21-19(24)12-15(2)22-20(25)16-9-4-3-5-10-16/h6-8,11,15-16,18,23H,3-5,9-10,12-13H2,1-2H3,(H,21,24)(H,22,25). The quantitative estimate of drug-likeness (QED) is 0.710. The zero-order chi connectivity index (χ0) is 18.2. The highest BCUT2D eigenvalue weighted by molar-refractivity contribution is 5.81. The number of hydrogen-bond acceptors (Lipinski definition) is 3. The lowest BCUT2D eigenvalue weighted by molar-refractivity contribution is -0.127. The number of amides is 2. The number of hydrogen-bond donors (Lipinski definition) is 3. The van der Waals surface area contributed by atoms with Crippen LogP contribution >= 0.6 is 0 Å². The number of aliphatic hydroxyl groups is 1. The summed E-state index contributed by atoms with van der Waals surface area (Å²) in [5, 5.41) is 15.9. The molecular weight excluding hydrogens is 316 g/mol. The van der Waals surface area contributed by atoms with Crippen LogP contribution in [0.5, 0.6) is 0 Å². The van der Waals surface area contributed by atoms with E-state index in [-0.39, 0.29) is 36.7 Å². The maximum Gasteiger partial charge on any atom is 0.223 e. The number of rotatable bonds is 7. The van der Waals surface area contributed by atoms with Crippen molar-refractivity contribution in [3.8, 4) is 0 Å². The molecule has 0 radical (unpaired) electrons. The fraction of sp³-hybridized carbons (Fsp3) is 0.600. The van der Waals surface area contributed by atoms with Gasteiger partial charge in [-0.15, -0.1) is 0 Å². The third-order valence-corrected chi connectivity index (χ3v) is 4.90. The van der Waals surface area contributed by atoms with Crippen LogP contribution < -0.4 is 10.6 Å². The normalized spacial score (nSPS) is 17.6. The molecule has 138 valence electrons. The minimum Gasteiger partial charge on any atom is -0.387 e. The van der Waals surface area contributed by atoms with E-state index in [1.807, 2.05) is 38.1 Å². The third kappa shape index (κ3) is 6.16. The van der Waals surface area contributed by atoms with E-state index in [1.54, 1.807) is 0 Å². The van der Waals surface area contributed by atoms with E-state index >= 15 is 0 Å². The minimum atomic E-state index is -0.725. The monoisotopic (exact) mass is 346 g/mol. The second-order valence-corrected chi connectivity index (χ2v) is 7.13. The zero-order valence-electron chi connectivity index (χ0n) is 15.3. The highest BCUT2D eigenvalue weighted by atomic mass is 16.3. The smallest absolute Gasteiger partial charge is 0.223 e. The molecule has 2 atom stereocenters. The van der Waals surface area contributed by atoms with Gasteiger partial charge in [-0.3, -0.25) is 9.59 Å². The summed E-state index contributed by atoms with van der Waals surface area (Å²) in [5.74, 6) is 0.00571. The molecule has 2 unspecified atom stereocenters. The molecule has 0 spiro atoms. The second kappa shape index (κ2) is 9.56. The summed E-state index contributed by atoms with van der Waals surface area (Å²) >= 11 is 0. The molecule has 0 saturated heterocycles. The van der Waals surface area contributed by atoms with Crippen LogP contribution in [0.4, 0.5) is 0 Å². The average molecular weight is 346 g/mol. The van der Waals surface area contributed by atoms with Gasteiger partial charge in [-0.1, -0.05) is 43.5 Å². The number of carbonyl (C=O) groups is 2. The lowest BCUT2D eigenvalue weighted by Gasteiger charge is -2.23. The van der Waals surface area contributed by atoms with Crippen LogP contribution in [0.25, 0.3) is 0 Å². The summed E-state index contributed by atoms with van der Waals surface area (Å²) in [6.07, 6.45) is 4.84. The predicted octanol–water partition coefficient (Wildman–Crippen LogP) is 2.62. The molecule has 0 bridgehead atoms. The van der Waals surface area contributed by atoms with E-state index in [9.17, 15) is 14.7 Å². The SMILES string of the molecule is Cc1ccccc1C(O)CNC(=O)CC(C)NC(=O)C1CCCCC1. The van der Waals surface area contributed by atoms with Crippen molar-refractivity contribution in [2.45, 2.75) is 64.5 Å². The summed E-state index contributed by atoms with van der Waals surface area (Å²) in [4.78, 5) is 24.3. The van der Waals surface area contributed by atoms with Gasteiger partial charge in [-0.2, -0.15) is 0 Å². The Balaban J connectivity index is 1.72. The summed E-state index contributed by atoms with van der Waals surface area (Å²) in [5.41, 5.74) is 1.82. The first kappa shape index (κ1) is 19.4. The van der Waals surface area contributed by atoms with Crippen molar-refractivity contribution in [1.82, 2.24) is 10.6 Å². The Labute approximate surface area is 150 Å². The summed E-state index contributed by atoms with van der Waals surface area (Å²) in [6, 6.07) is 7.38. The van der Waals surface area contributed by atoms with Crippen molar-refractivity contribution in [3.05, 3.63) is 35.4 Å². The van der Waals surface area contributed by atoms with Crippen LogP contribution in [-0.2, 0) is 9.59 Å². The van der Waals surface area contributed by atoms with E-state index < -0.39 is 6.10 Å². The molecule has 1 fully saturated rings. The lowest BCUT2D eigenvalue weighted by atomic mass is 9.88. The van der Waals surface area contributed by atoms with Gasteiger partial charge in [0.05, 0.1) is 6.10 Å². The Hall–Kier alpha value is -1.88. The van der Waals surface area contributed by atoms with Crippen molar-refractivity contribution < 1.29 is 14.7 Å². The van der Waals surface area contributed by atoms with Crippen LogP contribution in [-0.4, -0.2) is 29.5 Å². The Morgan fingerprint density at radius 2 is 1.88 bits per heavy atom. The Bertz CT molecular complexity index is 582. The first-order valence-electron chi connectivity index (χ1n) is 9.28. The fourth-order valence-electron chi connectivity index (χ4n) is 3.41. The van der Waals surface area contributed by atoms with Gasteiger partial charge >= 0.3 is 0 Å². The molecule has 1 aliphatic carbocycles. The number of nitrogens with one attached hydrogen (secondary N) is 2. The van der Waals surface area contributed by atoms with E-state index in [0.717, 1.165) is 36.8 Å². The highest BCUT2D eigenvalue weighted by Gasteiger charge is 2.23. The second-order valence-electron chi connectivity index (χ2n) is 7.13. The lowest BCUT2D eigenvalue weighted by Crippen LogP contribution is -2.41. The van der Waals surface area contributed by atoms with Crippen LogP contribution in [0.3, 0.4) is 0 Å². The molecule has 2 rings (SSSR count). The first-order chi connectivity index (χ1) is 12.0. The summed E-state index contributed by atoms with van der Waals surface area (Å²) < 4.78 is 0. The number of aryl methyl sites for hydroxylation is 1. The largest absolute Gasteiger partial charge is 0.387 e. The Kier molecular flexibility index (Phi) is 7.44. The molecule has 0 aliphatic heterocycles. The maximum atomic E-state index is 12.2. The maximum absolute atomic E-state index is 12.2. The summed E-state index contributed by atoms with van der Waals surface area (Å²) in [6.45, 7) is 3.95. The van der Waals surface area contributed by atoms with Gasteiger partial charge in [0.2, 0.25) is 11.8 Å². The van der Waals surface area contributed by atoms with Crippen molar-refractivity contribution in [3.63, 3.8) is 0 Å². The predicted molar refractivity (Wildman–Crippen MR) is 97.9 cm³/mol. The van der Waals surface area contributed by atoms with Crippen molar-refractivity contribution in [2.24, 2.45) is 5.92 Å². The number of aliphatic hydroxyl groups excluding tert-OH is 1. The first-order valence-corrected chi connectivity index (χ1v) is 9.28. The average Bonchev–Trinajstić information content (AvgIpc) is 2.60. The minimum absolute atomic E-state index is 0.0694. The van der Waals surface area contributed by atoms with Gasteiger partial charge in [0.25, 0.3) is 0 Å². The number of benzene rings is 1. The van der Waals surface area contributed by atoms with Crippen molar-refractivity contribution in [2.75, 3.05) is 6.54 Å². The topological polar surface area (TPSA) is 78.4 Å². The number of carbonyl (C=O) groups excluding carboxylic acids is 2. The molecule has 1 aliphatic rings. The molecule has 3 N–H and O–H groups in total. The van der Waals surface area contributed by atoms with Crippen LogP contribution in [0, 0.1) is 12.8 Å². The van der Waals surface area contributed by atoms with Gasteiger partial charge in [0, 0.05) is 24.9 Å². The van der Waals surface area contributed by atoms with Crippen LogP contribution in [0.2, 0.25) is 0 Å². The molecule has 1 aromatic rings. The Morgan fingerprint density at radius 1 is 1.20 bits per heavy atom. The van der Waals surface area contributed by atoms with Crippen LogP contribution in [0.15, 0.2) is 24.3 Å². The van der Waals surface area contributed by atoms with Gasteiger partial charge in [0.15, 0.2) is 0 Å². The fourth-order valence-corrected chi connectivity index (χ4v) is 3.41.